The van der Waals surface area contributed by atoms with Gasteiger partial charge in [-0.05, 0) is 62.1 Å². The molecule has 2 N–H and O–H groups in total. The molecule has 1 fully saturated rings. The van der Waals surface area contributed by atoms with Crippen molar-refractivity contribution in [3.8, 4) is 12.1 Å². The number of hydrogen-bond donors (Lipinski definition) is 1. The van der Waals surface area contributed by atoms with Crippen molar-refractivity contribution in [3.05, 3.63) is 64.5 Å². The average molecular weight is 453 g/mol. The normalized spacial score (nSPS) is 21.1. The van der Waals surface area contributed by atoms with Crippen molar-refractivity contribution in [2.45, 2.75) is 51.5 Å². The molecule has 2 aromatic heterocycles. The summed E-state index contributed by atoms with van der Waals surface area (Å²) in [5.74, 6) is 0.0865. The van der Waals surface area contributed by atoms with Gasteiger partial charge in [0.05, 0.1) is 48.0 Å². The van der Waals surface area contributed by atoms with Crippen molar-refractivity contribution < 1.29 is 9.53 Å². The molecule has 1 aliphatic carbocycles. The van der Waals surface area contributed by atoms with E-state index in [4.69, 9.17) is 15.7 Å². The first-order valence-electron chi connectivity index (χ1n) is 11.4. The summed E-state index contributed by atoms with van der Waals surface area (Å²) in [6.07, 6.45) is 3.81. The average Bonchev–Trinajstić information content (AvgIpc) is 3.49. The number of carbonyl (C=O) groups is 1. The van der Waals surface area contributed by atoms with Crippen LogP contribution in [0.5, 0.6) is 0 Å². The third-order valence-corrected chi connectivity index (χ3v) is 6.89. The maximum atomic E-state index is 13.9. The molecule has 8 nitrogen and oxygen atoms in total. The zero-order valence-electron chi connectivity index (χ0n) is 18.9. The summed E-state index contributed by atoms with van der Waals surface area (Å²) >= 11 is 0. The zero-order valence-corrected chi connectivity index (χ0v) is 18.9. The SMILES string of the molecule is C[C@H]1OCc2c1c(N)nc1ccc(C(=O)N(Cc3ccc(C#N)cn3)[C@H]3CCC[C@@H]3C#N)cc21. The van der Waals surface area contributed by atoms with E-state index in [-0.39, 0.29) is 30.5 Å². The second kappa shape index (κ2) is 8.74. The molecule has 0 unspecified atom stereocenters. The molecule has 2 aliphatic rings. The van der Waals surface area contributed by atoms with Crippen LogP contribution < -0.4 is 5.73 Å². The van der Waals surface area contributed by atoms with Gasteiger partial charge in [-0.1, -0.05) is 0 Å². The number of benzene rings is 1. The van der Waals surface area contributed by atoms with E-state index in [0.717, 1.165) is 41.3 Å². The molecule has 1 amide bonds. The summed E-state index contributed by atoms with van der Waals surface area (Å²) in [7, 11) is 0. The second-order valence-electron chi connectivity index (χ2n) is 8.89. The van der Waals surface area contributed by atoms with Crippen molar-refractivity contribution in [1.29, 1.82) is 10.5 Å². The highest BCUT2D eigenvalue weighted by Gasteiger charge is 2.36. The predicted octanol–water partition coefficient (Wildman–Crippen LogP) is 4.01. The van der Waals surface area contributed by atoms with E-state index in [2.05, 4.69) is 22.1 Å². The Morgan fingerprint density at radius 3 is 2.85 bits per heavy atom. The van der Waals surface area contributed by atoms with E-state index in [0.29, 0.717) is 29.2 Å². The van der Waals surface area contributed by atoms with Gasteiger partial charge in [0, 0.05) is 28.8 Å². The smallest absolute Gasteiger partial charge is 0.254 e. The number of nitrogens with two attached hydrogens (primary N) is 1. The van der Waals surface area contributed by atoms with Gasteiger partial charge in [0.15, 0.2) is 0 Å². The summed E-state index contributed by atoms with van der Waals surface area (Å²) in [5, 5.41) is 19.6. The maximum Gasteiger partial charge on any atom is 0.254 e. The fraction of sp³-hybridized carbons (Fsp3) is 0.346. The third-order valence-electron chi connectivity index (χ3n) is 6.89. The molecule has 8 heteroatoms. The number of ether oxygens (including phenoxy) is 1. The van der Waals surface area contributed by atoms with Gasteiger partial charge in [0.2, 0.25) is 0 Å². The topological polar surface area (TPSA) is 129 Å². The van der Waals surface area contributed by atoms with Gasteiger partial charge in [-0.3, -0.25) is 9.78 Å². The summed E-state index contributed by atoms with van der Waals surface area (Å²) in [5.41, 5.74) is 10.4. The minimum atomic E-state index is -0.220. The Morgan fingerprint density at radius 2 is 2.12 bits per heavy atom. The second-order valence-corrected chi connectivity index (χ2v) is 8.89. The summed E-state index contributed by atoms with van der Waals surface area (Å²) < 4.78 is 5.79. The Hall–Kier alpha value is -4.01. The number of pyridine rings is 2. The minimum absolute atomic E-state index is 0.139. The number of aromatic nitrogens is 2. The molecule has 5 rings (SSSR count). The van der Waals surface area contributed by atoms with Crippen LogP contribution in [0.1, 0.15) is 65.0 Å². The Kier molecular flexibility index (Phi) is 5.61. The quantitative estimate of drug-likeness (QED) is 0.633. The number of carbonyl (C=O) groups excluding carboxylic acids is 1. The molecule has 1 saturated carbocycles. The van der Waals surface area contributed by atoms with Crippen LogP contribution in [0.4, 0.5) is 5.82 Å². The van der Waals surface area contributed by atoms with Gasteiger partial charge in [-0.15, -0.1) is 0 Å². The van der Waals surface area contributed by atoms with Crippen molar-refractivity contribution in [2.24, 2.45) is 5.92 Å². The van der Waals surface area contributed by atoms with Crippen LogP contribution in [0.3, 0.4) is 0 Å². The van der Waals surface area contributed by atoms with Gasteiger partial charge in [-0.25, -0.2) is 4.98 Å². The van der Waals surface area contributed by atoms with E-state index < -0.39 is 0 Å². The molecule has 0 bridgehead atoms. The number of rotatable bonds is 4. The van der Waals surface area contributed by atoms with Crippen LogP contribution in [0.25, 0.3) is 10.9 Å². The maximum absolute atomic E-state index is 13.9. The van der Waals surface area contributed by atoms with Crippen LogP contribution in [0, 0.1) is 28.6 Å². The monoisotopic (exact) mass is 452 g/mol. The molecule has 0 spiro atoms. The molecular formula is C26H24N6O2. The molecule has 34 heavy (non-hydrogen) atoms. The summed E-state index contributed by atoms with van der Waals surface area (Å²) in [6.45, 7) is 2.64. The van der Waals surface area contributed by atoms with Crippen LogP contribution in [0.15, 0.2) is 36.5 Å². The fourth-order valence-corrected chi connectivity index (χ4v) is 5.13. The van der Waals surface area contributed by atoms with Crippen molar-refractivity contribution in [1.82, 2.24) is 14.9 Å². The van der Waals surface area contributed by atoms with Crippen LogP contribution in [-0.2, 0) is 17.9 Å². The minimum Gasteiger partial charge on any atom is -0.383 e. The molecule has 0 saturated heterocycles. The molecule has 3 atom stereocenters. The van der Waals surface area contributed by atoms with Gasteiger partial charge in [0.25, 0.3) is 5.91 Å². The van der Waals surface area contributed by atoms with Crippen molar-refractivity contribution >= 4 is 22.6 Å². The first kappa shape index (κ1) is 21.8. The van der Waals surface area contributed by atoms with Gasteiger partial charge in [0.1, 0.15) is 11.9 Å². The largest absolute Gasteiger partial charge is 0.383 e. The number of amides is 1. The Labute approximate surface area is 197 Å². The van der Waals surface area contributed by atoms with Gasteiger partial charge >= 0.3 is 0 Å². The molecule has 1 aromatic carbocycles. The molecule has 170 valence electrons. The molecule has 1 aliphatic heterocycles. The Bertz CT molecular complexity index is 1350. The van der Waals surface area contributed by atoms with Crippen molar-refractivity contribution in [3.63, 3.8) is 0 Å². The van der Waals surface area contributed by atoms with Crippen molar-refractivity contribution in [2.75, 3.05) is 5.73 Å². The van der Waals surface area contributed by atoms with E-state index in [1.54, 1.807) is 23.1 Å². The molecule has 3 aromatic rings. The highest BCUT2D eigenvalue weighted by atomic mass is 16.5. The number of anilines is 1. The van der Waals surface area contributed by atoms with Crippen LogP contribution in [0.2, 0.25) is 0 Å². The number of hydrogen-bond acceptors (Lipinski definition) is 7. The van der Waals surface area contributed by atoms with E-state index in [9.17, 15) is 10.1 Å². The lowest BCUT2D eigenvalue weighted by Gasteiger charge is -2.31. The van der Waals surface area contributed by atoms with E-state index in [1.165, 1.54) is 6.20 Å². The Balaban J connectivity index is 1.54. The van der Waals surface area contributed by atoms with E-state index in [1.807, 2.05) is 19.1 Å². The predicted molar refractivity (Wildman–Crippen MR) is 125 cm³/mol. The zero-order chi connectivity index (χ0) is 23.8. The number of fused-ring (bicyclic) bond motifs is 3. The summed E-state index contributed by atoms with van der Waals surface area (Å²) in [4.78, 5) is 24.5. The molecular weight excluding hydrogens is 428 g/mol. The summed E-state index contributed by atoms with van der Waals surface area (Å²) in [6, 6.07) is 13.1. The molecule has 0 radical (unpaired) electrons. The first-order chi connectivity index (χ1) is 16.5. The van der Waals surface area contributed by atoms with Crippen LogP contribution >= 0.6 is 0 Å². The number of nitrogen functional groups attached to an aromatic ring is 1. The first-order valence-corrected chi connectivity index (χ1v) is 11.4. The van der Waals surface area contributed by atoms with Gasteiger partial charge < -0.3 is 15.4 Å². The highest BCUT2D eigenvalue weighted by Crippen LogP contribution is 2.38. The molecule has 3 heterocycles. The van der Waals surface area contributed by atoms with E-state index >= 15 is 0 Å². The standard InChI is InChI=1S/C26H24N6O2/c1-15-24-21(14-34-15)20-9-17(6-8-22(20)31-25(24)29)26(33)32(23-4-2-3-18(23)11-28)13-19-7-5-16(10-27)12-30-19/h5-9,12,15,18,23H,2-4,13-14H2,1H3,(H2,29,31)/t15-,18-,23+/m1/s1. The number of nitriles is 2. The third kappa shape index (κ3) is 3.72. The number of nitrogens with zero attached hydrogens (tertiary/aromatic N) is 5. The lowest BCUT2D eigenvalue weighted by atomic mass is 9.98. The lowest BCUT2D eigenvalue weighted by Crippen LogP contribution is -2.41. The highest BCUT2D eigenvalue weighted by molar-refractivity contribution is 5.99. The fourth-order valence-electron chi connectivity index (χ4n) is 5.13. The lowest BCUT2D eigenvalue weighted by molar-refractivity contribution is 0.0636. The van der Waals surface area contributed by atoms with Crippen LogP contribution in [-0.4, -0.2) is 26.8 Å². The Morgan fingerprint density at radius 1 is 1.26 bits per heavy atom. The van der Waals surface area contributed by atoms with Gasteiger partial charge in [-0.2, -0.15) is 10.5 Å².